The number of non-ortho nitro benzene ring substituents is 1. The third kappa shape index (κ3) is 5.19. The topological polar surface area (TPSA) is 177 Å². The van der Waals surface area contributed by atoms with Gasteiger partial charge in [-0.15, -0.1) is 0 Å². The molecule has 148 valence electrons. The molecular weight excluding hydrogens is 388 g/mol. The summed E-state index contributed by atoms with van der Waals surface area (Å²) in [6.45, 7) is 0. The molecule has 0 aliphatic carbocycles. The van der Waals surface area contributed by atoms with Gasteiger partial charge in [0.1, 0.15) is 0 Å². The molecule has 3 aromatic rings. The Morgan fingerprint density at radius 3 is 1.59 bits per heavy atom. The highest BCUT2D eigenvalue weighted by Crippen LogP contribution is 2.38. The van der Waals surface area contributed by atoms with E-state index in [4.69, 9.17) is 5.11 Å². The number of rotatable bonds is 4. The van der Waals surface area contributed by atoms with Crippen LogP contribution in [-0.2, 0) is 0 Å². The van der Waals surface area contributed by atoms with Crippen LogP contribution in [0.15, 0.2) is 67.0 Å². The molecule has 0 saturated heterocycles. The molecule has 0 spiro atoms. The van der Waals surface area contributed by atoms with Crippen LogP contribution < -0.4 is 4.73 Å². The van der Waals surface area contributed by atoms with Crippen LogP contribution in [0.5, 0.6) is 5.75 Å². The third-order valence-electron chi connectivity index (χ3n) is 3.57. The Balaban J connectivity index is 0.000000211. The van der Waals surface area contributed by atoms with Gasteiger partial charge < -0.3 is 10.3 Å². The van der Waals surface area contributed by atoms with Crippen LogP contribution in [0.4, 0.5) is 17.1 Å². The molecule has 0 radical (unpaired) electrons. The summed E-state index contributed by atoms with van der Waals surface area (Å²) < 4.78 is 0.784. The monoisotopic (exact) mass is 400 g/mol. The lowest BCUT2D eigenvalue weighted by atomic mass is 10.1. The van der Waals surface area contributed by atoms with Gasteiger partial charge in [-0.2, -0.15) is 4.73 Å². The smallest absolute Gasteiger partial charge is 0.324 e. The highest BCUT2D eigenvalue weighted by Gasteiger charge is 2.30. The molecule has 12 nitrogen and oxygen atoms in total. The van der Waals surface area contributed by atoms with Crippen LogP contribution in [-0.4, -0.2) is 19.9 Å². The molecule has 0 bridgehead atoms. The number of nitrogens with zero attached hydrogens (tertiary/aromatic N) is 4. The van der Waals surface area contributed by atoms with Gasteiger partial charge in [0.15, 0.2) is 12.4 Å². The van der Waals surface area contributed by atoms with E-state index in [-0.39, 0.29) is 0 Å². The summed E-state index contributed by atoms with van der Waals surface area (Å²) in [7, 11) is 0. The lowest BCUT2D eigenvalue weighted by Crippen LogP contribution is -2.23. The number of hydrogen-bond donors (Lipinski definition) is 1. The van der Waals surface area contributed by atoms with Crippen molar-refractivity contribution in [3.05, 3.63) is 103 Å². The number of benzene rings is 2. The van der Waals surface area contributed by atoms with Crippen LogP contribution >= 0.6 is 0 Å². The average molecular weight is 400 g/mol. The maximum absolute atomic E-state index is 10.8. The number of phenolic OH excluding ortho intramolecular Hbond substituents is 1. The van der Waals surface area contributed by atoms with Crippen LogP contribution in [0.25, 0.3) is 11.1 Å². The summed E-state index contributed by atoms with van der Waals surface area (Å²) in [5.74, 6) is -1.21. The van der Waals surface area contributed by atoms with Crippen molar-refractivity contribution in [2.24, 2.45) is 0 Å². The molecule has 0 aliphatic rings. The van der Waals surface area contributed by atoms with E-state index in [1.165, 1.54) is 12.4 Å². The zero-order valence-electron chi connectivity index (χ0n) is 14.4. The first kappa shape index (κ1) is 20.7. The van der Waals surface area contributed by atoms with E-state index >= 15 is 0 Å². The molecule has 0 amide bonds. The van der Waals surface area contributed by atoms with Gasteiger partial charge in [-0.3, -0.25) is 30.3 Å². The predicted octanol–water partition coefficient (Wildman–Crippen LogP) is 3.10. The first-order valence-electron chi connectivity index (χ1n) is 7.75. The Bertz CT molecular complexity index is 1020. The molecule has 0 unspecified atom stereocenters. The van der Waals surface area contributed by atoms with Crippen LogP contribution in [0.1, 0.15) is 0 Å². The van der Waals surface area contributed by atoms with E-state index in [1.54, 1.807) is 0 Å². The SMILES string of the molecule is O=[N+]([O-])c1cc([N+](=O)[O-])c(O)c([N+](=O)[O-])c1.[O-][n+]1ccc(-c2ccccc2)cc1. The first-order valence-corrected chi connectivity index (χ1v) is 7.75. The first-order chi connectivity index (χ1) is 13.7. The number of nitro benzene ring substituents is 3. The summed E-state index contributed by atoms with van der Waals surface area (Å²) >= 11 is 0. The molecule has 0 aliphatic heterocycles. The summed E-state index contributed by atoms with van der Waals surface area (Å²) in [6.07, 6.45) is 3.00. The summed E-state index contributed by atoms with van der Waals surface area (Å²) in [6, 6.07) is 14.5. The van der Waals surface area contributed by atoms with Gasteiger partial charge in [0.25, 0.3) is 11.4 Å². The van der Waals surface area contributed by atoms with Crippen molar-refractivity contribution in [1.82, 2.24) is 0 Å². The molecule has 1 aromatic heterocycles. The lowest BCUT2D eigenvalue weighted by molar-refractivity contribution is -0.605. The maximum atomic E-state index is 10.8. The molecule has 0 saturated carbocycles. The van der Waals surface area contributed by atoms with Gasteiger partial charge >= 0.3 is 11.4 Å². The number of aromatic hydroxyl groups is 1. The van der Waals surface area contributed by atoms with Crippen molar-refractivity contribution >= 4 is 17.1 Å². The molecule has 1 heterocycles. The maximum Gasteiger partial charge on any atom is 0.324 e. The highest BCUT2D eigenvalue weighted by atomic mass is 16.6. The number of pyridine rings is 1. The fourth-order valence-corrected chi connectivity index (χ4v) is 2.21. The van der Waals surface area contributed by atoms with Crippen LogP contribution in [0.3, 0.4) is 0 Å². The van der Waals surface area contributed by atoms with Gasteiger partial charge in [0.05, 0.1) is 26.9 Å². The fourth-order valence-electron chi connectivity index (χ4n) is 2.21. The van der Waals surface area contributed by atoms with Gasteiger partial charge in [-0.05, 0) is 11.1 Å². The minimum atomic E-state index is -1.21. The fraction of sp³-hybridized carbons (Fsp3) is 0. The molecule has 2 aromatic carbocycles. The van der Waals surface area contributed by atoms with Crippen LogP contribution in [0, 0.1) is 35.6 Å². The van der Waals surface area contributed by atoms with Crippen molar-refractivity contribution in [3.63, 3.8) is 0 Å². The average Bonchev–Trinajstić information content (AvgIpc) is 2.69. The van der Waals surface area contributed by atoms with Crippen molar-refractivity contribution in [2.45, 2.75) is 0 Å². The third-order valence-corrected chi connectivity index (χ3v) is 3.57. The normalized spacial score (nSPS) is 9.79. The molecule has 0 fully saturated rings. The second-order valence-electron chi connectivity index (χ2n) is 5.42. The minimum absolute atomic E-state index is 0.447. The van der Waals surface area contributed by atoms with Crippen molar-refractivity contribution in [2.75, 3.05) is 0 Å². The van der Waals surface area contributed by atoms with Crippen molar-refractivity contribution < 1.29 is 24.6 Å². The van der Waals surface area contributed by atoms with Gasteiger partial charge in [0.2, 0.25) is 0 Å². The van der Waals surface area contributed by atoms with Gasteiger partial charge in [-0.25, -0.2) is 0 Å². The van der Waals surface area contributed by atoms with Gasteiger partial charge in [-0.1, -0.05) is 30.3 Å². The zero-order chi connectivity index (χ0) is 21.6. The second kappa shape index (κ2) is 8.85. The molecular formula is C17H12N4O8. The Hall–Kier alpha value is -4.61. The molecule has 3 rings (SSSR count). The molecule has 12 heteroatoms. The largest absolute Gasteiger partial charge is 0.619 e. The summed E-state index contributed by atoms with van der Waals surface area (Å²) in [5, 5.41) is 51.0. The Kier molecular flexibility index (Phi) is 6.32. The Morgan fingerprint density at radius 2 is 1.17 bits per heavy atom. The standard InChI is InChI=1S/C11H9NO.C6H3N3O7/c13-12-8-6-11(7-9-12)10-4-2-1-3-5-10;10-6-4(8(13)14)1-3(7(11)12)2-5(6)9(15)16/h1-9H;1-2,10H. The van der Waals surface area contributed by atoms with Gasteiger partial charge in [0, 0.05) is 12.1 Å². The highest BCUT2D eigenvalue weighted by molar-refractivity contribution is 5.64. The Labute approximate surface area is 161 Å². The zero-order valence-corrected chi connectivity index (χ0v) is 14.4. The van der Waals surface area contributed by atoms with E-state index < -0.39 is 37.6 Å². The van der Waals surface area contributed by atoms with E-state index in [0.29, 0.717) is 12.1 Å². The minimum Gasteiger partial charge on any atom is -0.619 e. The molecule has 1 N–H and O–H groups in total. The number of phenols is 1. The summed E-state index contributed by atoms with van der Waals surface area (Å²) in [5.41, 5.74) is -0.811. The Morgan fingerprint density at radius 1 is 0.724 bits per heavy atom. The second-order valence-corrected chi connectivity index (χ2v) is 5.42. The lowest BCUT2D eigenvalue weighted by Gasteiger charge is -1.99. The van der Waals surface area contributed by atoms with Crippen LogP contribution in [0.2, 0.25) is 0 Å². The van der Waals surface area contributed by atoms with E-state index in [0.717, 1.165) is 15.9 Å². The number of aromatic nitrogens is 1. The van der Waals surface area contributed by atoms with Crippen molar-refractivity contribution in [3.8, 4) is 16.9 Å². The number of hydrogen-bond acceptors (Lipinski definition) is 8. The quantitative estimate of drug-likeness (QED) is 0.300. The van der Waals surface area contributed by atoms with E-state index in [1.807, 2.05) is 42.5 Å². The summed E-state index contributed by atoms with van der Waals surface area (Å²) in [4.78, 5) is 27.8. The predicted molar refractivity (Wildman–Crippen MR) is 98.9 cm³/mol. The molecule has 29 heavy (non-hydrogen) atoms. The van der Waals surface area contributed by atoms with Crippen molar-refractivity contribution in [1.29, 1.82) is 0 Å². The van der Waals surface area contributed by atoms with E-state index in [9.17, 15) is 35.6 Å². The number of nitro groups is 3. The van der Waals surface area contributed by atoms with E-state index in [2.05, 4.69) is 0 Å². The molecule has 0 atom stereocenters.